The van der Waals surface area contributed by atoms with Crippen LogP contribution in [0, 0.1) is 13.8 Å². The van der Waals surface area contributed by atoms with E-state index >= 15 is 0 Å². The van der Waals surface area contributed by atoms with E-state index in [4.69, 9.17) is 5.10 Å². The smallest absolute Gasteiger partial charge is 0.315 e. The number of hydrogen-bond donors (Lipinski definition) is 2. The van der Waals surface area contributed by atoms with Crippen LogP contribution in [-0.2, 0) is 6.67 Å². The lowest BCUT2D eigenvalue weighted by Crippen LogP contribution is -2.50. The number of nitrogens with one attached hydrogen (secondary N) is 2. The molecule has 1 aromatic heterocycles. The third-order valence-corrected chi connectivity index (χ3v) is 7.71. The van der Waals surface area contributed by atoms with E-state index in [1.807, 2.05) is 24.3 Å². The standard InChI is InChI=1S/C29H37N5O2/c1-20-12-13-21(2)26(18-20)27-24-10-6-7-11-25(24)28(35)34(32-27)19-33-16-14-23(15-17-33)31-29(36)30-22-8-4-3-5-9-22/h6-7,10-13,18,22-23H,3-5,8-9,14-17,19H2,1-2H3,(H2,30,31,36). The van der Waals surface area contributed by atoms with Crippen molar-refractivity contribution < 1.29 is 4.79 Å². The van der Waals surface area contributed by atoms with Gasteiger partial charge in [0, 0.05) is 36.1 Å². The van der Waals surface area contributed by atoms with Crippen LogP contribution < -0.4 is 16.2 Å². The summed E-state index contributed by atoms with van der Waals surface area (Å²) in [5.41, 5.74) is 4.16. The summed E-state index contributed by atoms with van der Waals surface area (Å²) >= 11 is 0. The number of fused-ring (bicyclic) bond motifs is 1. The molecule has 190 valence electrons. The summed E-state index contributed by atoms with van der Waals surface area (Å²) in [6, 6.07) is 14.6. The molecule has 1 saturated heterocycles. The first-order valence-corrected chi connectivity index (χ1v) is 13.3. The highest BCUT2D eigenvalue weighted by Gasteiger charge is 2.23. The summed E-state index contributed by atoms with van der Waals surface area (Å²) in [4.78, 5) is 28.1. The maximum absolute atomic E-state index is 13.3. The predicted octanol–water partition coefficient (Wildman–Crippen LogP) is 4.73. The monoisotopic (exact) mass is 487 g/mol. The van der Waals surface area contributed by atoms with Crippen molar-refractivity contribution in [2.75, 3.05) is 13.1 Å². The molecular weight excluding hydrogens is 450 g/mol. The minimum Gasteiger partial charge on any atom is -0.335 e. The van der Waals surface area contributed by atoms with Crippen LogP contribution in [0.5, 0.6) is 0 Å². The minimum atomic E-state index is -0.0632. The first-order chi connectivity index (χ1) is 17.5. The molecule has 2 N–H and O–H groups in total. The third-order valence-electron chi connectivity index (χ3n) is 7.71. The molecule has 2 fully saturated rings. The van der Waals surface area contributed by atoms with Gasteiger partial charge in [-0.15, -0.1) is 0 Å². The van der Waals surface area contributed by atoms with Gasteiger partial charge in [-0.2, -0.15) is 5.10 Å². The summed E-state index contributed by atoms with van der Waals surface area (Å²) < 4.78 is 1.61. The van der Waals surface area contributed by atoms with Crippen LogP contribution in [0.3, 0.4) is 0 Å². The normalized spacial score (nSPS) is 17.8. The van der Waals surface area contributed by atoms with Crippen LogP contribution in [0.4, 0.5) is 4.79 Å². The van der Waals surface area contributed by atoms with Crippen molar-refractivity contribution in [1.29, 1.82) is 0 Å². The van der Waals surface area contributed by atoms with Gasteiger partial charge in [-0.25, -0.2) is 9.48 Å². The average molecular weight is 488 g/mol. The largest absolute Gasteiger partial charge is 0.335 e. The Labute approximate surface area is 212 Å². The van der Waals surface area contributed by atoms with Gasteiger partial charge < -0.3 is 10.6 Å². The van der Waals surface area contributed by atoms with E-state index in [2.05, 4.69) is 47.6 Å². The van der Waals surface area contributed by atoms with Gasteiger partial charge in [0.05, 0.1) is 17.7 Å². The van der Waals surface area contributed by atoms with Crippen LogP contribution in [0.25, 0.3) is 22.0 Å². The number of aromatic nitrogens is 2. The second-order valence-corrected chi connectivity index (χ2v) is 10.5. The molecule has 36 heavy (non-hydrogen) atoms. The van der Waals surface area contributed by atoms with Gasteiger partial charge in [-0.3, -0.25) is 9.69 Å². The van der Waals surface area contributed by atoms with Gasteiger partial charge >= 0.3 is 6.03 Å². The van der Waals surface area contributed by atoms with Gasteiger partial charge in [-0.1, -0.05) is 55.2 Å². The van der Waals surface area contributed by atoms with E-state index < -0.39 is 0 Å². The Morgan fingerprint density at radius 1 is 0.917 bits per heavy atom. The van der Waals surface area contributed by atoms with Crippen molar-refractivity contribution in [2.24, 2.45) is 0 Å². The second kappa shape index (κ2) is 10.8. The summed E-state index contributed by atoms with van der Waals surface area (Å²) in [7, 11) is 0. The summed E-state index contributed by atoms with van der Waals surface area (Å²) in [5.74, 6) is 0. The predicted molar refractivity (Wildman–Crippen MR) is 144 cm³/mol. The first kappa shape index (κ1) is 24.5. The number of likely N-dealkylation sites (tertiary alicyclic amines) is 1. The van der Waals surface area contributed by atoms with Crippen molar-refractivity contribution in [3.8, 4) is 11.3 Å². The number of urea groups is 1. The van der Waals surface area contributed by atoms with E-state index in [0.717, 1.165) is 61.0 Å². The zero-order chi connectivity index (χ0) is 25.1. The highest BCUT2D eigenvalue weighted by atomic mass is 16.2. The molecule has 3 aromatic rings. The summed E-state index contributed by atoms with van der Waals surface area (Å²) in [6.45, 7) is 6.24. The van der Waals surface area contributed by atoms with Gasteiger partial charge in [0.25, 0.3) is 5.56 Å². The molecule has 0 atom stereocenters. The van der Waals surface area contributed by atoms with Crippen molar-refractivity contribution in [3.05, 3.63) is 63.9 Å². The van der Waals surface area contributed by atoms with E-state index in [-0.39, 0.29) is 17.6 Å². The van der Waals surface area contributed by atoms with Crippen LogP contribution in [0.1, 0.15) is 56.1 Å². The van der Waals surface area contributed by atoms with Crippen LogP contribution >= 0.6 is 0 Å². The zero-order valence-corrected chi connectivity index (χ0v) is 21.4. The van der Waals surface area contributed by atoms with Crippen molar-refractivity contribution in [2.45, 2.75) is 77.5 Å². The molecule has 0 bridgehead atoms. The van der Waals surface area contributed by atoms with Gasteiger partial charge in [0.2, 0.25) is 0 Å². The van der Waals surface area contributed by atoms with Crippen LogP contribution in [0.2, 0.25) is 0 Å². The summed E-state index contributed by atoms with van der Waals surface area (Å²) in [5, 5.41) is 12.8. The Morgan fingerprint density at radius 3 is 2.31 bits per heavy atom. The van der Waals surface area contributed by atoms with E-state index in [0.29, 0.717) is 18.1 Å². The fourth-order valence-electron chi connectivity index (χ4n) is 5.59. The van der Waals surface area contributed by atoms with E-state index in [9.17, 15) is 9.59 Å². The number of carbonyl (C=O) groups is 1. The van der Waals surface area contributed by atoms with Crippen molar-refractivity contribution in [1.82, 2.24) is 25.3 Å². The summed E-state index contributed by atoms with van der Waals surface area (Å²) in [6.07, 6.45) is 7.59. The highest BCUT2D eigenvalue weighted by Crippen LogP contribution is 2.28. The molecule has 5 rings (SSSR count). The quantitative estimate of drug-likeness (QED) is 0.545. The molecule has 0 unspecified atom stereocenters. The Hall–Kier alpha value is -3.19. The average Bonchev–Trinajstić information content (AvgIpc) is 2.89. The van der Waals surface area contributed by atoms with E-state index in [1.54, 1.807) is 4.68 Å². The fourth-order valence-corrected chi connectivity index (χ4v) is 5.59. The van der Waals surface area contributed by atoms with Crippen LogP contribution in [0.15, 0.2) is 47.3 Å². The lowest BCUT2D eigenvalue weighted by Gasteiger charge is -2.33. The minimum absolute atomic E-state index is 0.0362. The molecule has 1 aliphatic carbocycles. The lowest BCUT2D eigenvalue weighted by atomic mass is 9.96. The SMILES string of the molecule is Cc1ccc(C)c(-c2nn(CN3CCC(NC(=O)NC4CCCCC4)CC3)c(=O)c3ccccc23)c1. The Kier molecular flexibility index (Phi) is 7.37. The van der Waals surface area contributed by atoms with Crippen molar-refractivity contribution >= 4 is 16.8 Å². The Balaban J connectivity index is 1.28. The number of rotatable bonds is 5. The first-order valence-electron chi connectivity index (χ1n) is 13.3. The van der Waals surface area contributed by atoms with Gasteiger partial charge in [-0.05, 0) is 57.2 Å². The molecule has 2 aromatic carbocycles. The number of benzene rings is 2. The molecule has 2 amide bonds. The number of nitrogens with zero attached hydrogens (tertiary/aromatic N) is 3. The fraction of sp³-hybridized carbons (Fsp3) is 0.483. The number of carbonyl (C=O) groups excluding carboxylic acids is 1. The molecule has 0 radical (unpaired) electrons. The maximum atomic E-state index is 13.3. The second-order valence-electron chi connectivity index (χ2n) is 10.5. The zero-order valence-electron chi connectivity index (χ0n) is 21.4. The number of aryl methyl sites for hydroxylation is 2. The number of piperidine rings is 1. The number of hydrogen-bond acceptors (Lipinski definition) is 4. The topological polar surface area (TPSA) is 79.3 Å². The maximum Gasteiger partial charge on any atom is 0.315 e. The molecular formula is C29H37N5O2. The lowest BCUT2D eigenvalue weighted by molar-refractivity contribution is 0.149. The molecule has 2 heterocycles. The van der Waals surface area contributed by atoms with Crippen molar-refractivity contribution in [3.63, 3.8) is 0 Å². The molecule has 0 spiro atoms. The third kappa shape index (κ3) is 5.46. The Bertz CT molecular complexity index is 1290. The molecule has 7 heteroatoms. The molecule has 7 nitrogen and oxygen atoms in total. The van der Waals surface area contributed by atoms with Gasteiger partial charge in [0.1, 0.15) is 0 Å². The van der Waals surface area contributed by atoms with E-state index in [1.165, 1.54) is 24.8 Å². The molecule has 2 aliphatic rings. The molecule has 1 saturated carbocycles. The molecule has 1 aliphatic heterocycles. The number of amides is 2. The van der Waals surface area contributed by atoms with Gasteiger partial charge in [0.15, 0.2) is 0 Å². The highest BCUT2D eigenvalue weighted by molar-refractivity contribution is 5.94. The Morgan fingerprint density at radius 2 is 1.58 bits per heavy atom. The van der Waals surface area contributed by atoms with Crippen LogP contribution in [-0.4, -0.2) is 45.9 Å².